The molecule has 0 spiro atoms. The van der Waals surface area contributed by atoms with Gasteiger partial charge < -0.3 is 9.47 Å². The summed E-state index contributed by atoms with van der Waals surface area (Å²) in [5, 5.41) is 4.30. The number of alkyl halides is 1. The number of ether oxygens (including phenoxy) is 2. The number of hydrogen-bond acceptors (Lipinski definition) is 4. The fourth-order valence-corrected chi connectivity index (χ4v) is 2.19. The van der Waals surface area contributed by atoms with Crippen LogP contribution in [0.3, 0.4) is 0 Å². The third-order valence-corrected chi connectivity index (χ3v) is 3.39. The number of hydrogen-bond donors (Lipinski definition) is 0. The Labute approximate surface area is 134 Å². The van der Waals surface area contributed by atoms with Gasteiger partial charge in [0.05, 0.1) is 17.5 Å². The lowest BCUT2D eigenvalue weighted by Gasteiger charge is -2.09. The highest BCUT2D eigenvalue weighted by atomic mass is 35.5. The summed E-state index contributed by atoms with van der Waals surface area (Å²) in [6, 6.07) is 7.57. The van der Waals surface area contributed by atoms with E-state index in [1.165, 1.54) is 0 Å². The molecule has 5 nitrogen and oxygen atoms in total. The molecule has 0 unspecified atom stereocenters. The highest BCUT2D eigenvalue weighted by molar-refractivity contribution is 6.17. The Morgan fingerprint density at radius 3 is 2.73 bits per heavy atom. The van der Waals surface area contributed by atoms with E-state index >= 15 is 0 Å². The van der Waals surface area contributed by atoms with Crippen molar-refractivity contribution in [2.24, 2.45) is 0 Å². The van der Waals surface area contributed by atoms with Crippen LogP contribution in [0.4, 0.5) is 0 Å². The molecule has 0 N–H and O–H groups in total. The van der Waals surface area contributed by atoms with Crippen molar-refractivity contribution in [3.05, 3.63) is 36.0 Å². The second kappa shape index (κ2) is 8.56. The quantitative estimate of drug-likeness (QED) is 0.305. The summed E-state index contributed by atoms with van der Waals surface area (Å²) in [7, 11) is 0. The van der Waals surface area contributed by atoms with Gasteiger partial charge >= 0.3 is 0 Å². The first-order valence-electron chi connectivity index (χ1n) is 7.18. The zero-order chi connectivity index (χ0) is 15.8. The second-order valence-electron chi connectivity index (χ2n) is 4.74. The van der Waals surface area contributed by atoms with Gasteiger partial charge in [-0.05, 0) is 30.7 Å². The van der Waals surface area contributed by atoms with Crippen LogP contribution in [0, 0.1) is 0 Å². The molecule has 0 amide bonds. The first-order chi connectivity index (χ1) is 10.8. The van der Waals surface area contributed by atoms with Gasteiger partial charge in [-0.25, -0.2) is 0 Å². The number of halogens is 1. The summed E-state index contributed by atoms with van der Waals surface area (Å²) in [4.78, 5) is 11.2. The van der Waals surface area contributed by atoms with E-state index in [-0.39, 0.29) is 12.9 Å². The Hall–Kier alpha value is -1.85. The van der Waals surface area contributed by atoms with Crippen molar-refractivity contribution in [2.45, 2.75) is 26.3 Å². The molecule has 0 aliphatic rings. The normalized spacial score (nSPS) is 10.6. The number of aldehydes is 1. The van der Waals surface area contributed by atoms with Gasteiger partial charge in [-0.2, -0.15) is 5.10 Å². The lowest BCUT2D eigenvalue weighted by molar-refractivity contribution is 0.0401. The van der Waals surface area contributed by atoms with Gasteiger partial charge in [0.2, 0.25) is 0 Å². The van der Waals surface area contributed by atoms with Crippen LogP contribution < -0.4 is 4.74 Å². The molecule has 22 heavy (non-hydrogen) atoms. The molecule has 2 rings (SSSR count). The van der Waals surface area contributed by atoms with Crippen LogP contribution in [0.1, 0.15) is 30.1 Å². The van der Waals surface area contributed by atoms with Crippen LogP contribution in [-0.2, 0) is 11.3 Å². The number of nitrogens with zero attached hydrogens (tertiary/aromatic N) is 2. The minimum Gasteiger partial charge on any atom is -0.468 e. The predicted octanol–water partition coefficient (Wildman–Crippen LogP) is 3.71. The summed E-state index contributed by atoms with van der Waals surface area (Å²) in [6.07, 6.45) is 4.53. The van der Waals surface area contributed by atoms with E-state index < -0.39 is 0 Å². The molecule has 0 fully saturated rings. The van der Waals surface area contributed by atoms with Crippen LogP contribution >= 0.6 is 11.6 Å². The van der Waals surface area contributed by atoms with Crippen molar-refractivity contribution < 1.29 is 14.3 Å². The van der Waals surface area contributed by atoms with Gasteiger partial charge in [-0.3, -0.25) is 9.48 Å². The highest BCUT2D eigenvalue weighted by Gasteiger charge is 2.12. The van der Waals surface area contributed by atoms with Crippen LogP contribution in [0.2, 0.25) is 0 Å². The molecule has 0 aliphatic carbocycles. The Morgan fingerprint density at radius 2 is 2.09 bits per heavy atom. The zero-order valence-corrected chi connectivity index (χ0v) is 13.3. The summed E-state index contributed by atoms with van der Waals surface area (Å²) in [5.41, 5.74) is 2.36. The van der Waals surface area contributed by atoms with E-state index in [1.807, 2.05) is 28.9 Å². The van der Waals surface area contributed by atoms with Crippen LogP contribution in [-0.4, -0.2) is 28.9 Å². The molecule has 1 heterocycles. The summed E-state index contributed by atoms with van der Waals surface area (Å²) in [5.74, 6) is 0.682. The van der Waals surface area contributed by atoms with Gasteiger partial charge in [-0.1, -0.05) is 24.9 Å². The van der Waals surface area contributed by atoms with Gasteiger partial charge in [0.15, 0.2) is 13.1 Å². The molecule has 0 bridgehead atoms. The second-order valence-corrected chi connectivity index (χ2v) is 4.96. The summed E-state index contributed by atoms with van der Waals surface area (Å²) < 4.78 is 12.2. The average Bonchev–Trinajstić information content (AvgIpc) is 2.96. The van der Waals surface area contributed by atoms with Crippen LogP contribution in [0.5, 0.6) is 5.75 Å². The maximum Gasteiger partial charge on any atom is 0.190 e. The van der Waals surface area contributed by atoms with E-state index in [4.69, 9.17) is 21.1 Å². The molecule has 0 saturated carbocycles. The smallest absolute Gasteiger partial charge is 0.190 e. The Morgan fingerprint density at radius 1 is 1.32 bits per heavy atom. The van der Waals surface area contributed by atoms with Gasteiger partial charge in [0.25, 0.3) is 0 Å². The molecule has 0 saturated heterocycles. The van der Waals surface area contributed by atoms with Crippen LogP contribution in [0.25, 0.3) is 11.3 Å². The molecule has 0 atom stereocenters. The molecule has 1 aromatic heterocycles. The van der Waals surface area contributed by atoms with E-state index in [0.717, 1.165) is 36.9 Å². The molecular weight excluding hydrogens is 304 g/mol. The number of benzene rings is 1. The first kappa shape index (κ1) is 16.5. The number of aryl methyl sites for hydroxylation is 1. The van der Waals surface area contributed by atoms with E-state index in [2.05, 4.69) is 12.0 Å². The topological polar surface area (TPSA) is 53.4 Å². The fourth-order valence-electron chi connectivity index (χ4n) is 2.13. The maximum atomic E-state index is 11.2. The molecule has 1 aromatic carbocycles. The van der Waals surface area contributed by atoms with Crippen molar-refractivity contribution in [2.75, 3.05) is 12.9 Å². The van der Waals surface area contributed by atoms with E-state index in [1.54, 1.807) is 6.20 Å². The highest BCUT2D eigenvalue weighted by Crippen LogP contribution is 2.25. The number of carbonyl (C=O) groups excluding carboxylic acids is 1. The van der Waals surface area contributed by atoms with Crippen molar-refractivity contribution in [3.8, 4) is 17.0 Å². The standard InChI is InChI=1S/C16H19ClN2O3/c1-2-3-8-19-16(14(10-20)9-18-19)13-4-6-15(7-5-13)22-12-21-11-17/h4-7,9-10H,2-3,8,11-12H2,1H3. The third-order valence-electron chi connectivity index (χ3n) is 3.23. The van der Waals surface area contributed by atoms with Crippen LogP contribution in [0.15, 0.2) is 30.5 Å². The number of rotatable bonds is 9. The predicted molar refractivity (Wildman–Crippen MR) is 85.3 cm³/mol. The minimum absolute atomic E-state index is 0.0946. The SMILES string of the molecule is CCCCn1ncc(C=O)c1-c1ccc(OCOCCl)cc1. The first-order valence-corrected chi connectivity index (χ1v) is 7.71. The molecule has 6 heteroatoms. The van der Waals surface area contributed by atoms with Crippen molar-refractivity contribution >= 4 is 17.9 Å². The molecular formula is C16H19ClN2O3. The molecule has 2 aromatic rings. The zero-order valence-electron chi connectivity index (χ0n) is 12.5. The lowest BCUT2D eigenvalue weighted by atomic mass is 10.1. The number of unbranched alkanes of at least 4 members (excludes halogenated alkanes) is 1. The Bertz CT molecular complexity index is 596. The van der Waals surface area contributed by atoms with Crippen molar-refractivity contribution in [3.63, 3.8) is 0 Å². The number of aromatic nitrogens is 2. The van der Waals surface area contributed by atoms with Crippen molar-refractivity contribution in [1.82, 2.24) is 9.78 Å². The van der Waals surface area contributed by atoms with Gasteiger partial charge in [-0.15, -0.1) is 0 Å². The minimum atomic E-state index is 0.0946. The Kier molecular flexibility index (Phi) is 6.43. The summed E-state index contributed by atoms with van der Waals surface area (Å²) in [6.45, 7) is 3.03. The Balaban J connectivity index is 2.19. The maximum absolute atomic E-state index is 11.2. The average molecular weight is 323 g/mol. The van der Waals surface area contributed by atoms with E-state index in [0.29, 0.717) is 11.3 Å². The third kappa shape index (κ3) is 4.08. The number of carbonyl (C=O) groups is 1. The molecule has 0 aliphatic heterocycles. The fraction of sp³-hybridized carbons (Fsp3) is 0.375. The van der Waals surface area contributed by atoms with Gasteiger partial charge in [0, 0.05) is 12.1 Å². The lowest BCUT2D eigenvalue weighted by Crippen LogP contribution is -2.03. The largest absolute Gasteiger partial charge is 0.468 e. The molecule has 0 radical (unpaired) electrons. The van der Waals surface area contributed by atoms with Crippen molar-refractivity contribution in [1.29, 1.82) is 0 Å². The molecule has 118 valence electrons. The van der Waals surface area contributed by atoms with Gasteiger partial charge in [0.1, 0.15) is 11.8 Å². The summed E-state index contributed by atoms with van der Waals surface area (Å²) >= 11 is 5.41. The van der Waals surface area contributed by atoms with E-state index in [9.17, 15) is 4.79 Å². The monoisotopic (exact) mass is 322 g/mol.